The second kappa shape index (κ2) is 3.90. The highest BCUT2D eigenvalue weighted by molar-refractivity contribution is 5.55. The van der Waals surface area contributed by atoms with E-state index >= 15 is 0 Å². The molecule has 0 amide bonds. The maximum absolute atomic E-state index is 8.77. The fourth-order valence-corrected chi connectivity index (χ4v) is 1.77. The van der Waals surface area contributed by atoms with E-state index in [0.717, 1.165) is 11.1 Å². The summed E-state index contributed by atoms with van der Waals surface area (Å²) in [5.74, 6) is 0. The van der Waals surface area contributed by atoms with Gasteiger partial charge in [-0.25, -0.2) is 20.2 Å². The largest absolute Gasteiger partial charge is 0.262 e. The smallest absolute Gasteiger partial charge is 0.227 e. The lowest BCUT2D eigenvalue weighted by molar-refractivity contribution is 0.428. The van der Waals surface area contributed by atoms with Crippen LogP contribution in [-0.2, 0) is 0 Å². The normalized spacial score (nSPS) is 22.6. The third kappa shape index (κ3) is 1.44. The van der Waals surface area contributed by atoms with Gasteiger partial charge >= 0.3 is 0 Å². The molecule has 76 valence electrons. The first-order valence-electron chi connectivity index (χ1n) is 4.55. The highest BCUT2D eigenvalue weighted by atomic mass is 14.7. The number of hydrogen-bond acceptors (Lipinski definition) is 2. The SMILES string of the molecule is [C-]#[N+]/C(C#N)=C1\C/C(=C(/C#N)[N+]#[C-])C1(C)C. The third-order valence-electron chi connectivity index (χ3n) is 2.87. The quantitative estimate of drug-likeness (QED) is 0.454. The van der Waals surface area contributed by atoms with Crippen LogP contribution in [0, 0.1) is 41.2 Å². The maximum Gasteiger partial charge on any atom is 0.262 e. The van der Waals surface area contributed by atoms with Crippen LogP contribution in [0.4, 0.5) is 0 Å². The minimum atomic E-state index is -0.509. The summed E-state index contributed by atoms with van der Waals surface area (Å²) in [6.45, 7) is 17.4. The van der Waals surface area contributed by atoms with Gasteiger partial charge in [0.2, 0.25) is 0 Å². The number of rotatable bonds is 0. The van der Waals surface area contributed by atoms with Crippen LogP contribution in [0.1, 0.15) is 20.3 Å². The van der Waals surface area contributed by atoms with Crippen molar-refractivity contribution in [1.29, 1.82) is 10.5 Å². The lowest BCUT2D eigenvalue weighted by atomic mass is 9.61. The van der Waals surface area contributed by atoms with Gasteiger partial charge in [0.25, 0.3) is 11.4 Å². The first-order chi connectivity index (χ1) is 7.52. The van der Waals surface area contributed by atoms with Gasteiger partial charge in [-0.1, -0.05) is 13.8 Å². The Kier molecular flexibility index (Phi) is 2.80. The summed E-state index contributed by atoms with van der Waals surface area (Å²) in [6, 6.07) is 3.69. The molecule has 0 radical (unpaired) electrons. The molecule has 1 rings (SSSR count). The Morgan fingerprint density at radius 3 is 1.69 bits per heavy atom. The molecule has 0 spiro atoms. The van der Waals surface area contributed by atoms with Crippen LogP contribution in [0.15, 0.2) is 22.5 Å². The summed E-state index contributed by atoms with van der Waals surface area (Å²) in [7, 11) is 0. The number of nitriles is 2. The van der Waals surface area contributed by atoms with Crippen molar-refractivity contribution in [2.45, 2.75) is 20.3 Å². The van der Waals surface area contributed by atoms with Crippen LogP contribution in [0.2, 0.25) is 0 Å². The van der Waals surface area contributed by atoms with Crippen LogP contribution in [0.3, 0.4) is 0 Å². The Hall–Kier alpha value is -2.56. The Bertz CT molecular complexity index is 480. The minimum absolute atomic E-state index is 0.0796. The molecule has 0 aliphatic heterocycles. The van der Waals surface area contributed by atoms with E-state index in [1.807, 2.05) is 26.0 Å². The van der Waals surface area contributed by atoms with Crippen molar-refractivity contribution >= 4 is 0 Å². The molecule has 4 heteroatoms. The molecule has 0 bridgehead atoms. The van der Waals surface area contributed by atoms with Crippen molar-refractivity contribution in [3.05, 3.63) is 45.4 Å². The van der Waals surface area contributed by atoms with Gasteiger partial charge in [-0.05, 0) is 23.0 Å². The molecule has 1 aliphatic rings. The fourth-order valence-electron chi connectivity index (χ4n) is 1.77. The molecule has 0 aromatic carbocycles. The molecule has 4 nitrogen and oxygen atoms in total. The topological polar surface area (TPSA) is 56.3 Å². The molecule has 0 aromatic heterocycles. The second-order valence-electron chi connectivity index (χ2n) is 3.90. The highest BCUT2D eigenvalue weighted by Gasteiger charge is 2.42. The molecule has 16 heavy (non-hydrogen) atoms. The molecular formula is C12H8N4. The Morgan fingerprint density at radius 2 is 1.50 bits per heavy atom. The van der Waals surface area contributed by atoms with E-state index in [0.29, 0.717) is 6.42 Å². The van der Waals surface area contributed by atoms with Crippen LogP contribution in [-0.4, -0.2) is 0 Å². The molecule has 1 fully saturated rings. The molecular weight excluding hydrogens is 200 g/mol. The first kappa shape index (κ1) is 11.5. The van der Waals surface area contributed by atoms with Gasteiger partial charge in [0, 0.05) is 0 Å². The average Bonchev–Trinajstić information content (AvgIpc) is 2.28. The zero-order valence-electron chi connectivity index (χ0n) is 9.00. The lowest BCUT2D eigenvalue weighted by Gasteiger charge is -2.42. The molecule has 0 aromatic rings. The first-order valence-corrected chi connectivity index (χ1v) is 4.55. The van der Waals surface area contributed by atoms with Crippen LogP contribution in [0.25, 0.3) is 9.69 Å². The molecule has 0 N–H and O–H groups in total. The maximum atomic E-state index is 8.77. The van der Waals surface area contributed by atoms with Gasteiger partial charge in [0.1, 0.15) is 0 Å². The molecule has 0 atom stereocenters. The Morgan fingerprint density at radius 1 is 1.12 bits per heavy atom. The van der Waals surface area contributed by atoms with Gasteiger partial charge in [-0.2, -0.15) is 0 Å². The van der Waals surface area contributed by atoms with E-state index in [1.54, 1.807) is 0 Å². The van der Waals surface area contributed by atoms with Gasteiger partial charge < -0.3 is 0 Å². The zero-order valence-corrected chi connectivity index (χ0v) is 9.00. The van der Waals surface area contributed by atoms with Crippen molar-refractivity contribution in [2.75, 3.05) is 0 Å². The summed E-state index contributed by atoms with van der Waals surface area (Å²) >= 11 is 0. The minimum Gasteiger partial charge on any atom is -0.227 e. The summed E-state index contributed by atoms with van der Waals surface area (Å²) in [5, 5.41) is 17.5. The number of hydrogen-bond donors (Lipinski definition) is 0. The van der Waals surface area contributed by atoms with Crippen molar-refractivity contribution < 1.29 is 0 Å². The molecule has 0 heterocycles. The number of allylic oxidation sites excluding steroid dienone is 4. The summed E-state index contributed by atoms with van der Waals surface area (Å²) in [6.07, 6.45) is 0.392. The van der Waals surface area contributed by atoms with Crippen LogP contribution in [0.5, 0.6) is 0 Å². The molecule has 0 unspecified atom stereocenters. The summed E-state index contributed by atoms with van der Waals surface area (Å²) in [4.78, 5) is 6.31. The predicted octanol–water partition coefficient (Wildman–Crippen LogP) is 2.81. The molecule has 1 aliphatic carbocycles. The highest BCUT2D eigenvalue weighted by Crippen LogP contribution is 2.53. The van der Waals surface area contributed by atoms with Crippen molar-refractivity contribution in [2.24, 2.45) is 5.41 Å². The van der Waals surface area contributed by atoms with E-state index in [4.69, 9.17) is 23.7 Å². The zero-order chi connectivity index (χ0) is 12.3. The van der Waals surface area contributed by atoms with Crippen molar-refractivity contribution in [3.8, 4) is 12.1 Å². The van der Waals surface area contributed by atoms with E-state index in [1.165, 1.54) is 0 Å². The van der Waals surface area contributed by atoms with E-state index < -0.39 is 5.41 Å². The average molecular weight is 208 g/mol. The standard InChI is InChI=1S/C12H8N4/c1-12(2)8(10(6-13)15-3)5-9(12)11(7-14)16-4/h5H2,1-2H3/b10-8+,11-9+. The molecule has 0 saturated heterocycles. The van der Waals surface area contributed by atoms with Gasteiger partial charge in [-0.3, -0.25) is 0 Å². The van der Waals surface area contributed by atoms with Crippen LogP contribution >= 0.6 is 0 Å². The predicted molar refractivity (Wildman–Crippen MR) is 56.9 cm³/mol. The summed E-state index contributed by atoms with van der Waals surface area (Å²) in [5.41, 5.74) is 1.09. The van der Waals surface area contributed by atoms with Crippen molar-refractivity contribution in [1.82, 2.24) is 0 Å². The number of nitrogens with zero attached hydrogens (tertiary/aromatic N) is 4. The van der Waals surface area contributed by atoms with Gasteiger partial charge in [-0.15, -0.1) is 0 Å². The fraction of sp³-hybridized carbons (Fsp3) is 0.333. The van der Waals surface area contributed by atoms with Gasteiger partial charge in [0.05, 0.1) is 25.3 Å². The van der Waals surface area contributed by atoms with E-state index in [9.17, 15) is 0 Å². The van der Waals surface area contributed by atoms with Crippen LogP contribution < -0.4 is 0 Å². The van der Waals surface area contributed by atoms with Gasteiger partial charge in [0.15, 0.2) is 0 Å². The Balaban J connectivity index is 3.33. The monoisotopic (exact) mass is 208 g/mol. The summed E-state index contributed by atoms with van der Waals surface area (Å²) < 4.78 is 0. The third-order valence-corrected chi connectivity index (χ3v) is 2.87. The van der Waals surface area contributed by atoms with E-state index in [2.05, 4.69) is 9.69 Å². The molecule has 1 saturated carbocycles. The van der Waals surface area contributed by atoms with Crippen molar-refractivity contribution in [3.63, 3.8) is 0 Å². The van der Waals surface area contributed by atoms with E-state index in [-0.39, 0.29) is 11.4 Å². The second-order valence-corrected chi connectivity index (χ2v) is 3.90. The Labute approximate surface area is 94.4 Å². The lowest BCUT2D eigenvalue weighted by Crippen LogP contribution is -2.31.